The average molecular weight is 264 g/mol. The Hall–Kier alpha value is -1.26. The van der Waals surface area contributed by atoms with Crippen molar-refractivity contribution in [3.8, 4) is 11.5 Å². The molecule has 0 radical (unpaired) electrons. The van der Waals surface area contributed by atoms with E-state index in [0.29, 0.717) is 5.41 Å². The molecule has 1 saturated carbocycles. The van der Waals surface area contributed by atoms with Crippen LogP contribution in [0.5, 0.6) is 11.5 Å². The second kappa shape index (κ2) is 5.80. The minimum Gasteiger partial charge on any atom is -0.497 e. The zero-order chi connectivity index (χ0) is 13.9. The number of methoxy groups -OCH3 is 2. The normalized spacial score (nSPS) is 16.5. The molecular formula is C15H24N2O2. The van der Waals surface area contributed by atoms with Crippen LogP contribution in [0.25, 0.3) is 0 Å². The van der Waals surface area contributed by atoms with Gasteiger partial charge in [-0.3, -0.25) is 0 Å². The van der Waals surface area contributed by atoms with Crippen LogP contribution >= 0.6 is 0 Å². The standard InChI is InChI=1S/C15H24N2O2/c1-17(11-15(10-16)6-7-15)9-12-8-13(18-2)4-5-14(12)19-3/h4-5,8H,6-7,9-11,16H2,1-3H3. The lowest BCUT2D eigenvalue weighted by atomic mass is 10.1. The minimum atomic E-state index is 0.362. The summed E-state index contributed by atoms with van der Waals surface area (Å²) < 4.78 is 10.7. The van der Waals surface area contributed by atoms with Gasteiger partial charge in [-0.2, -0.15) is 0 Å². The fraction of sp³-hybridized carbons (Fsp3) is 0.600. The molecule has 0 amide bonds. The third-order valence-electron chi connectivity index (χ3n) is 3.92. The van der Waals surface area contributed by atoms with Crippen molar-refractivity contribution in [2.75, 3.05) is 34.4 Å². The van der Waals surface area contributed by atoms with Gasteiger partial charge in [0.05, 0.1) is 14.2 Å². The van der Waals surface area contributed by atoms with Crippen molar-refractivity contribution in [1.82, 2.24) is 4.90 Å². The van der Waals surface area contributed by atoms with E-state index < -0.39 is 0 Å². The summed E-state index contributed by atoms with van der Waals surface area (Å²) in [4.78, 5) is 2.32. The Morgan fingerprint density at radius 1 is 1.26 bits per heavy atom. The highest BCUT2D eigenvalue weighted by Crippen LogP contribution is 2.45. The van der Waals surface area contributed by atoms with Crippen molar-refractivity contribution in [2.45, 2.75) is 19.4 Å². The maximum atomic E-state index is 5.84. The predicted octanol–water partition coefficient (Wildman–Crippen LogP) is 1.87. The molecule has 1 aliphatic rings. The second-order valence-electron chi connectivity index (χ2n) is 5.55. The van der Waals surface area contributed by atoms with Gasteiger partial charge in [-0.1, -0.05) is 0 Å². The van der Waals surface area contributed by atoms with Gasteiger partial charge in [0.2, 0.25) is 0 Å². The molecule has 1 aromatic rings. The molecule has 19 heavy (non-hydrogen) atoms. The maximum absolute atomic E-state index is 5.84. The fourth-order valence-corrected chi connectivity index (χ4v) is 2.53. The first-order chi connectivity index (χ1) is 9.12. The quantitative estimate of drug-likeness (QED) is 0.817. The van der Waals surface area contributed by atoms with Crippen molar-refractivity contribution in [3.05, 3.63) is 23.8 Å². The maximum Gasteiger partial charge on any atom is 0.123 e. The Balaban J connectivity index is 2.04. The lowest BCUT2D eigenvalue weighted by molar-refractivity contribution is 0.255. The smallest absolute Gasteiger partial charge is 0.123 e. The molecule has 0 bridgehead atoms. The highest BCUT2D eigenvalue weighted by Gasteiger charge is 2.41. The monoisotopic (exact) mass is 264 g/mol. The van der Waals surface area contributed by atoms with Crippen LogP contribution in [0.2, 0.25) is 0 Å². The Labute approximate surface area is 115 Å². The molecule has 0 heterocycles. The van der Waals surface area contributed by atoms with Crippen LogP contribution in [0.15, 0.2) is 18.2 Å². The lowest BCUT2D eigenvalue weighted by Crippen LogP contribution is -2.31. The molecule has 0 spiro atoms. The van der Waals surface area contributed by atoms with E-state index in [2.05, 4.69) is 11.9 Å². The predicted molar refractivity (Wildman–Crippen MR) is 76.6 cm³/mol. The van der Waals surface area contributed by atoms with Gasteiger partial charge < -0.3 is 20.1 Å². The molecule has 0 aromatic heterocycles. The number of hydrogen-bond acceptors (Lipinski definition) is 4. The molecule has 106 valence electrons. The first-order valence-electron chi connectivity index (χ1n) is 6.72. The Morgan fingerprint density at radius 2 is 2.00 bits per heavy atom. The van der Waals surface area contributed by atoms with Crippen LogP contribution in [-0.4, -0.2) is 39.3 Å². The van der Waals surface area contributed by atoms with Crippen LogP contribution in [0.4, 0.5) is 0 Å². The van der Waals surface area contributed by atoms with Crippen LogP contribution in [0.3, 0.4) is 0 Å². The van der Waals surface area contributed by atoms with E-state index in [1.54, 1.807) is 14.2 Å². The molecule has 2 N–H and O–H groups in total. The molecular weight excluding hydrogens is 240 g/mol. The van der Waals surface area contributed by atoms with E-state index in [1.807, 2.05) is 18.2 Å². The van der Waals surface area contributed by atoms with Crippen molar-refractivity contribution in [2.24, 2.45) is 11.1 Å². The van der Waals surface area contributed by atoms with Gasteiger partial charge in [0.1, 0.15) is 11.5 Å². The highest BCUT2D eigenvalue weighted by atomic mass is 16.5. The highest BCUT2D eigenvalue weighted by molar-refractivity contribution is 5.40. The average Bonchev–Trinajstić information content (AvgIpc) is 3.18. The van der Waals surface area contributed by atoms with E-state index in [-0.39, 0.29) is 0 Å². The van der Waals surface area contributed by atoms with E-state index in [9.17, 15) is 0 Å². The molecule has 2 rings (SSSR count). The molecule has 4 heteroatoms. The second-order valence-corrected chi connectivity index (χ2v) is 5.55. The van der Waals surface area contributed by atoms with Gasteiger partial charge in [-0.25, -0.2) is 0 Å². The number of ether oxygens (including phenoxy) is 2. The summed E-state index contributed by atoms with van der Waals surface area (Å²) in [7, 11) is 5.52. The summed E-state index contributed by atoms with van der Waals surface area (Å²) in [5, 5.41) is 0. The van der Waals surface area contributed by atoms with Crippen molar-refractivity contribution in [1.29, 1.82) is 0 Å². The summed E-state index contributed by atoms with van der Waals surface area (Å²) in [5.41, 5.74) is 7.35. The van der Waals surface area contributed by atoms with Crippen molar-refractivity contribution >= 4 is 0 Å². The zero-order valence-corrected chi connectivity index (χ0v) is 12.1. The van der Waals surface area contributed by atoms with Crippen LogP contribution < -0.4 is 15.2 Å². The topological polar surface area (TPSA) is 47.7 Å². The van der Waals surface area contributed by atoms with E-state index in [0.717, 1.165) is 36.7 Å². The van der Waals surface area contributed by atoms with Gasteiger partial charge >= 0.3 is 0 Å². The number of nitrogens with zero attached hydrogens (tertiary/aromatic N) is 1. The number of rotatable bonds is 7. The number of hydrogen-bond donors (Lipinski definition) is 1. The SMILES string of the molecule is COc1ccc(OC)c(CN(C)CC2(CN)CC2)c1. The summed E-state index contributed by atoms with van der Waals surface area (Å²) in [6, 6.07) is 5.92. The van der Waals surface area contributed by atoms with Gasteiger partial charge in [-0.05, 0) is 50.0 Å². The minimum absolute atomic E-state index is 0.362. The summed E-state index contributed by atoms with van der Waals surface area (Å²) in [5.74, 6) is 1.77. The first-order valence-corrected chi connectivity index (χ1v) is 6.72. The summed E-state index contributed by atoms with van der Waals surface area (Å²) in [6.45, 7) is 2.68. The molecule has 1 aliphatic carbocycles. The Bertz CT molecular complexity index is 430. The fourth-order valence-electron chi connectivity index (χ4n) is 2.53. The first kappa shape index (κ1) is 14.2. The molecule has 1 fully saturated rings. The number of nitrogens with two attached hydrogens (primary N) is 1. The van der Waals surface area contributed by atoms with E-state index in [4.69, 9.17) is 15.2 Å². The molecule has 0 saturated heterocycles. The van der Waals surface area contributed by atoms with Crippen LogP contribution in [0, 0.1) is 5.41 Å². The molecule has 0 atom stereocenters. The van der Waals surface area contributed by atoms with Crippen LogP contribution in [-0.2, 0) is 6.54 Å². The van der Waals surface area contributed by atoms with Crippen LogP contribution in [0.1, 0.15) is 18.4 Å². The summed E-state index contributed by atoms with van der Waals surface area (Å²) >= 11 is 0. The largest absolute Gasteiger partial charge is 0.497 e. The molecule has 0 aliphatic heterocycles. The number of benzene rings is 1. The van der Waals surface area contributed by atoms with Gasteiger partial charge in [0.25, 0.3) is 0 Å². The lowest BCUT2D eigenvalue weighted by Gasteiger charge is -2.23. The van der Waals surface area contributed by atoms with Gasteiger partial charge in [0, 0.05) is 18.7 Å². The van der Waals surface area contributed by atoms with E-state index in [1.165, 1.54) is 12.8 Å². The third kappa shape index (κ3) is 3.39. The molecule has 4 nitrogen and oxygen atoms in total. The van der Waals surface area contributed by atoms with Crippen molar-refractivity contribution < 1.29 is 9.47 Å². The molecule has 0 unspecified atom stereocenters. The van der Waals surface area contributed by atoms with Gasteiger partial charge in [0.15, 0.2) is 0 Å². The van der Waals surface area contributed by atoms with Crippen molar-refractivity contribution in [3.63, 3.8) is 0 Å². The van der Waals surface area contributed by atoms with E-state index >= 15 is 0 Å². The summed E-state index contributed by atoms with van der Waals surface area (Å²) in [6.07, 6.45) is 2.51. The molecule has 1 aromatic carbocycles. The Morgan fingerprint density at radius 3 is 2.53 bits per heavy atom. The third-order valence-corrected chi connectivity index (χ3v) is 3.92. The zero-order valence-electron chi connectivity index (χ0n) is 12.1. The Kier molecular flexibility index (Phi) is 4.32. The van der Waals surface area contributed by atoms with Gasteiger partial charge in [-0.15, -0.1) is 0 Å².